The van der Waals surface area contributed by atoms with Gasteiger partial charge >= 0.3 is 6.09 Å². The van der Waals surface area contributed by atoms with Crippen LogP contribution in [-0.2, 0) is 4.74 Å². The van der Waals surface area contributed by atoms with Crippen LogP contribution in [0.2, 0.25) is 0 Å². The Labute approximate surface area is 84.6 Å². The lowest BCUT2D eigenvalue weighted by atomic mass is 10.2. The fraction of sp³-hybridized carbons (Fsp3) is 0.700. The molecule has 0 aromatic carbocycles. The SMILES string of the molecule is CC(C#CCO)NC(=O)OC(C)(C)C. The molecular formula is C10H17NO3. The van der Waals surface area contributed by atoms with E-state index in [1.165, 1.54) is 0 Å². The van der Waals surface area contributed by atoms with E-state index in [0.29, 0.717) is 0 Å². The third-order valence-corrected chi connectivity index (χ3v) is 1.13. The van der Waals surface area contributed by atoms with E-state index in [1.807, 2.05) is 0 Å². The highest BCUT2D eigenvalue weighted by Crippen LogP contribution is 2.06. The van der Waals surface area contributed by atoms with E-state index >= 15 is 0 Å². The minimum absolute atomic E-state index is 0.208. The molecule has 0 bridgehead atoms. The lowest BCUT2D eigenvalue weighted by Gasteiger charge is -2.20. The van der Waals surface area contributed by atoms with Gasteiger partial charge in [-0.2, -0.15) is 0 Å². The number of aliphatic hydroxyl groups excluding tert-OH is 1. The second kappa shape index (κ2) is 5.51. The van der Waals surface area contributed by atoms with Crippen LogP contribution in [0.5, 0.6) is 0 Å². The number of carbonyl (C=O) groups is 1. The molecule has 0 radical (unpaired) electrons. The summed E-state index contributed by atoms with van der Waals surface area (Å²) in [5, 5.41) is 10.9. The summed E-state index contributed by atoms with van der Waals surface area (Å²) in [6.45, 7) is 6.87. The molecule has 80 valence electrons. The van der Waals surface area contributed by atoms with Gasteiger partial charge in [-0.1, -0.05) is 11.8 Å². The summed E-state index contributed by atoms with van der Waals surface area (Å²) in [7, 11) is 0. The zero-order valence-electron chi connectivity index (χ0n) is 9.05. The van der Waals surface area contributed by atoms with Crippen molar-refractivity contribution in [3.05, 3.63) is 0 Å². The molecule has 0 saturated heterocycles. The Morgan fingerprint density at radius 2 is 2.14 bits per heavy atom. The van der Waals surface area contributed by atoms with Crippen molar-refractivity contribution in [2.75, 3.05) is 6.61 Å². The minimum Gasteiger partial charge on any atom is -0.444 e. The molecule has 0 rings (SSSR count). The Kier molecular flexibility index (Phi) is 5.03. The molecule has 0 aromatic heterocycles. The topological polar surface area (TPSA) is 58.6 Å². The van der Waals surface area contributed by atoms with Crippen LogP contribution in [0.4, 0.5) is 4.79 Å². The van der Waals surface area contributed by atoms with Crippen molar-refractivity contribution in [1.82, 2.24) is 5.32 Å². The average molecular weight is 199 g/mol. The Balaban J connectivity index is 3.95. The molecule has 0 aliphatic heterocycles. The van der Waals surface area contributed by atoms with E-state index in [1.54, 1.807) is 27.7 Å². The molecule has 0 aliphatic carbocycles. The highest BCUT2D eigenvalue weighted by molar-refractivity contribution is 5.68. The Morgan fingerprint density at radius 1 is 1.57 bits per heavy atom. The number of hydrogen-bond donors (Lipinski definition) is 2. The number of alkyl carbamates (subject to hydrolysis) is 1. The van der Waals surface area contributed by atoms with Gasteiger partial charge in [0, 0.05) is 0 Å². The maximum Gasteiger partial charge on any atom is 0.408 e. The zero-order chi connectivity index (χ0) is 11.2. The maximum atomic E-state index is 11.2. The molecule has 0 aromatic rings. The molecular weight excluding hydrogens is 182 g/mol. The third-order valence-electron chi connectivity index (χ3n) is 1.13. The monoisotopic (exact) mass is 199 g/mol. The van der Waals surface area contributed by atoms with E-state index in [-0.39, 0.29) is 12.6 Å². The van der Waals surface area contributed by atoms with E-state index in [0.717, 1.165) is 0 Å². The Bertz CT molecular complexity index is 244. The summed E-state index contributed by atoms with van der Waals surface area (Å²) < 4.78 is 5.01. The lowest BCUT2D eigenvalue weighted by molar-refractivity contribution is 0.0519. The first-order valence-electron chi connectivity index (χ1n) is 4.44. The quantitative estimate of drug-likeness (QED) is 0.617. The van der Waals surface area contributed by atoms with Crippen LogP contribution < -0.4 is 5.32 Å². The van der Waals surface area contributed by atoms with Crippen molar-refractivity contribution in [1.29, 1.82) is 0 Å². The minimum atomic E-state index is -0.506. The zero-order valence-corrected chi connectivity index (χ0v) is 9.05. The van der Waals surface area contributed by atoms with Gasteiger partial charge in [-0.25, -0.2) is 4.79 Å². The van der Waals surface area contributed by atoms with Crippen molar-refractivity contribution in [2.45, 2.75) is 39.3 Å². The smallest absolute Gasteiger partial charge is 0.408 e. The molecule has 1 atom stereocenters. The van der Waals surface area contributed by atoms with Crippen LogP contribution in [0.15, 0.2) is 0 Å². The lowest BCUT2D eigenvalue weighted by Crippen LogP contribution is -2.37. The number of rotatable bonds is 1. The van der Waals surface area contributed by atoms with Gasteiger partial charge in [-0.3, -0.25) is 0 Å². The fourth-order valence-electron chi connectivity index (χ4n) is 0.719. The molecule has 4 heteroatoms. The molecule has 1 amide bonds. The predicted molar refractivity (Wildman–Crippen MR) is 53.7 cm³/mol. The number of aliphatic hydroxyl groups is 1. The van der Waals surface area contributed by atoms with Gasteiger partial charge < -0.3 is 15.2 Å². The van der Waals surface area contributed by atoms with Crippen LogP contribution in [0.25, 0.3) is 0 Å². The normalized spacial score (nSPS) is 12.4. The van der Waals surface area contributed by atoms with Gasteiger partial charge in [0.25, 0.3) is 0 Å². The average Bonchev–Trinajstić information content (AvgIpc) is 1.96. The van der Waals surface area contributed by atoms with E-state index in [2.05, 4.69) is 17.2 Å². The predicted octanol–water partition coefficient (Wildman–Crippen LogP) is 0.895. The summed E-state index contributed by atoms with van der Waals surface area (Å²) in [5.74, 6) is 5.09. The molecule has 4 nitrogen and oxygen atoms in total. The van der Waals surface area contributed by atoms with Gasteiger partial charge in [0.1, 0.15) is 12.2 Å². The van der Waals surface area contributed by atoms with Gasteiger partial charge in [-0.05, 0) is 27.7 Å². The van der Waals surface area contributed by atoms with Gasteiger partial charge in [-0.15, -0.1) is 0 Å². The molecule has 1 unspecified atom stereocenters. The molecule has 2 N–H and O–H groups in total. The highest BCUT2D eigenvalue weighted by Gasteiger charge is 2.16. The van der Waals surface area contributed by atoms with Crippen molar-refractivity contribution < 1.29 is 14.6 Å². The fourth-order valence-corrected chi connectivity index (χ4v) is 0.719. The summed E-state index contributed by atoms with van der Waals surface area (Å²) in [6.07, 6.45) is -0.503. The van der Waals surface area contributed by atoms with Crippen LogP contribution in [0, 0.1) is 11.8 Å². The first kappa shape index (κ1) is 12.8. The van der Waals surface area contributed by atoms with Gasteiger partial charge in [0.2, 0.25) is 0 Å². The van der Waals surface area contributed by atoms with Gasteiger partial charge in [0.15, 0.2) is 0 Å². The second-order valence-electron chi connectivity index (χ2n) is 3.85. The molecule has 0 spiro atoms. The van der Waals surface area contributed by atoms with Gasteiger partial charge in [0.05, 0.1) is 6.04 Å². The van der Waals surface area contributed by atoms with Crippen LogP contribution in [0.3, 0.4) is 0 Å². The number of amides is 1. The number of hydrogen-bond acceptors (Lipinski definition) is 3. The highest BCUT2D eigenvalue weighted by atomic mass is 16.6. The standard InChI is InChI=1S/C10H17NO3/c1-8(6-5-7-12)11-9(13)14-10(2,3)4/h8,12H,7H2,1-4H3,(H,11,13). The van der Waals surface area contributed by atoms with E-state index in [9.17, 15) is 4.79 Å². The first-order valence-corrected chi connectivity index (χ1v) is 4.44. The van der Waals surface area contributed by atoms with Crippen LogP contribution in [0.1, 0.15) is 27.7 Å². The summed E-state index contributed by atoms with van der Waals surface area (Å²) >= 11 is 0. The number of carbonyl (C=O) groups excluding carboxylic acids is 1. The number of ether oxygens (including phenoxy) is 1. The molecule has 0 saturated carbocycles. The van der Waals surface area contributed by atoms with Crippen molar-refractivity contribution in [2.24, 2.45) is 0 Å². The van der Waals surface area contributed by atoms with Crippen molar-refractivity contribution in [3.8, 4) is 11.8 Å². The summed E-state index contributed by atoms with van der Waals surface area (Å²) in [4.78, 5) is 11.2. The third kappa shape index (κ3) is 7.44. The largest absolute Gasteiger partial charge is 0.444 e. The first-order chi connectivity index (χ1) is 6.35. The van der Waals surface area contributed by atoms with Crippen molar-refractivity contribution >= 4 is 6.09 Å². The van der Waals surface area contributed by atoms with Crippen LogP contribution in [-0.4, -0.2) is 29.4 Å². The summed E-state index contributed by atoms with van der Waals surface area (Å²) in [6, 6.07) is -0.322. The van der Waals surface area contributed by atoms with Crippen molar-refractivity contribution in [3.63, 3.8) is 0 Å². The van der Waals surface area contributed by atoms with E-state index in [4.69, 9.17) is 9.84 Å². The van der Waals surface area contributed by atoms with Crippen LogP contribution >= 0.6 is 0 Å². The summed E-state index contributed by atoms with van der Waals surface area (Å²) in [5.41, 5.74) is -0.506. The maximum absolute atomic E-state index is 11.2. The Hall–Kier alpha value is -1.21. The molecule has 0 fully saturated rings. The molecule has 0 heterocycles. The molecule has 0 aliphatic rings. The second-order valence-corrected chi connectivity index (χ2v) is 3.85. The van der Waals surface area contributed by atoms with E-state index < -0.39 is 11.7 Å². The number of nitrogens with one attached hydrogen (secondary N) is 1. The molecule has 14 heavy (non-hydrogen) atoms. The Morgan fingerprint density at radius 3 is 2.57 bits per heavy atom.